The van der Waals surface area contributed by atoms with Crippen LogP contribution < -0.4 is 9.80 Å². The molecule has 1 spiro atoms. The fourth-order valence-corrected chi connectivity index (χ4v) is 4.19. The molecule has 2 saturated heterocycles. The Morgan fingerprint density at radius 3 is 1.34 bits per heavy atom. The van der Waals surface area contributed by atoms with Gasteiger partial charge in [0.25, 0.3) is 11.4 Å². The standard InChI is InChI=1S/C19H16N4O6/c24-17-9-11-19(20(17)13-1-5-15(6-2-13)22(26)27)12-10-18(25)21(19)14-3-7-16(8-4-14)23(28)29/h1-8H,9-12H2. The van der Waals surface area contributed by atoms with E-state index < -0.39 is 15.5 Å². The van der Waals surface area contributed by atoms with Crippen molar-refractivity contribution in [2.75, 3.05) is 9.80 Å². The molecule has 0 bridgehead atoms. The zero-order valence-corrected chi connectivity index (χ0v) is 15.2. The Balaban J connectivity index is 1.76. The number of nitro groups is 2. The number of rotatable bonds is 4. The molecule has 0 unspecified atom stereocenters. The summed E-state index contributed by atoms with van der Waals surface area (Å²) in [5.41, 5.74) is -0.173. The second-order valence-electron chi connectivity index (χ2n) is 6.99. The number of hydrogen-bond acceptors (Lipinski definition) is 6. The number of anilines is 2. The molecule has 2 aromatic rings. The lowest BCUT2D eigenvalue weighted by Crippen LogP contribution is -2.56. The number of hydrogen-bond donors (Lipinski definition) is 0. The highest BCUT2D eigenvalue weighted by Gasteiger charge is 2.56. The van der Waals surface area contributed by atoms with Gasteiger partial charge in [0.2, 0.25) is 11.8 Å². The van der Waals surface area contributed by atoms with Crippen molar-refractivity contribution in [3.63, 3.8) is 0 Å². The number of nitro benzene ring substituents is 2. The molecule has 2 amide bonds. The summed E-state index contributed by atoms with van der Waals surface area (Å²) < 4.78 is 0. The summed E-state index contributed by atoms with van der Waals surface area (Å²) in [6.45, 7) is 0. The Hall–Kier alpha value is -3.82. The molecule has 2 aliphatic rings. The van der Waals surface area contributed by atoms with Gasteiger partial charge in [0.15, 0.2) is 0 Å². The van der Waals surface area contributed by atoms with Gasteiger partial charge in [-0.25, -0.2) is 0 Å². The van der Waals surface area contributed by atoms with E-state index in [4.69, 9.17) is 0 Å². The third kappa shape index (κ3) is 2.89. The van der Waals surface area contributed by atoms with Gasteiger partial charge in [-0.1, -0.05) is 0 Å². The molecule has 2 heterocycles. The number of amides is 2. The first-order chi connectivity index (χ1) is 13.8. The average Bonchev–Trinajstić information content (AvgIpc) is 3.21. The van der Waals surface area contributed by atoms with Gasteiger partial charge in [-0.3, -0.25) is 39.6 Å². The van der Waals surface area contributed by atoms with Crippen LogP contribution in [0.2, 0.25) is 0 Å². The van der Waals surface area contributed by atoms with Gasteiger partial charge >= 0.3 is 0 Å². The molecule has 0 saturated carbocycles. The Morgan fingerprint density at radius 1 is 0.690 bits per heavy atom. The molecule has 2 fully saturated rings. The number of carbonyl (C=O) groups excluding carboxylic acids is 2. The SMILES string of the molecule is O=C1CCC2(CCC(=O)N2c2ccc([N+](=O)[O-])cc2)N1c1ccc([N+](=O)[O-])cc1. The second kappa shape index (κ2) is 6.66. The highest BCUT2D eigenvalue weighted by Crippen LogP contribution is 2.47. The Labute approximate surface area is 164 Å². The first kappa shape index (κ1) is 18.5. The van der Waals surface area contributed by atoms with E-state index in [1.54, 1.807) is 0 Å². The van der Waals surface area contributed by atoms with E-state index in [9.17, 15) is 29.8 Å². The van der Waals surface area contributed by atoms with Gasteiger partial charge in [-0.15, -0.1) is 0 Å². The van der Waals surface area contributed by atoms with E-state index in [1.807, 2.05) is 0 Å². The fourth-order valence-electron chi connectivity index (χ4n) is 4.19. The van der Waals surface area contributed by atoms with Crippen molar-refractivity contribution >= 4 is 34.6 Å². The first-order valence-electron chi connectivity index (χ1n) is 8.98. The third-order valence-corrected chi connectivity index (χ3v) is 5.45. The van der Waals surface area contributed by atoms with Gasteiger partial charge in [-0.2, -0.15) is 0 Å². The van der Waals surface area contributed by atoms with E-state index in [1.165, 1.54) is 58.3 Å². The van der Waals surface area contributed by atoms with Crippen LogP contribution in [0.25, 0.3) is 0 Å². The zero-order valence-electron chi connectivity index (χ0n) is 15.2. The molecule has 4 rings (SSSR count). The Morgan fingerprint density at radius 2 is 1.03 bits per heavy atom. The van der Waals surface area contributed by atoms with Crippen LogP contribution in [0.4, 0.5) is 22.7 Å². The van der Waals surface area contributed by atoms with Crippen LogP contribution in [0.5, 0.6) is 0 Å². The fraction of sp³-hybridized carbons (Fsp3) is 0.263. The van der Waals surface area contributed by atoms with Crippen LogP contribution in [-0.4, -0.2) is 27.3 Å². The topological polar surface area (TPSA) is 127 Å². The van der Waals surface area contributed by atoms with Crippen LogP contribution in [-0.2, 0) is 9.59 Å². The molecule has 0 aliphatic carbocycles. The number of non-ortho nitro benzene ring substituents is 2. The molecule has 0 atom stereocenters. The largest absolute Gasteiger partial charge is 0.288 e. The summed E-state index contributed by atoms with van der Waals surface area (Å²) in [5.74, 6) is -0.360. The summed E-state index contributed by atoms with van der Waals surface area (Å²) in [6.07, 6.45) is 1.28. The quantitative estimate of drug-likeness (QED) is 0.577. The predicted molar refractivity (Wildman–Crippen MR) is 102 cm³/mol. The minimum absolute atomic E-state index is 0.0934. The van der Waals surface area contributed by atoms with Gasteiger partial charge in [0.05, 0.1) is 9.85 Å². The van der Waals surface area contributed by atoms with E-state index in [2.05, 4.69) is 0 Å². The summed E-state index contributed by atoms with van der Waals surface area (Å²) >= 11 is 0. The lowest BCUT2D eigenvalue weighted by atomic mass is 10.0. The van der Waals surface area contributed by atoms with Crippen molar-refractivity contribution in [2.45, 2.75) is 31.3 Å². The highest BCUT2D eigenvalue weighted by molar-refractivity contribution is 6.05. The molecule has 0 aromatic heterocycles. The van der Waals surface area contributed by atoms with Crippen LogP contribution in [0, 0.1) is 20.2 Å². The van der Waals surface area contributed by atoms with Crippen molar-refractivity contribution < 1.29 is 19.4 Å². The molecule has 10 nitrogen and oxygen atoms in total. The molecule has 148 valence electrons. The highest BCUT2D eigenvalue weighted by atomic mass is 16.6. The molecular formula is C19H16N4O6. The summed E-state index contributed by atoms with van der Waals surface area (Å²) in [6, 6.07) is 11.3. The van der Waals surface area contributed by atoms with Gasteiger partial charge in [0.1, 0.15) is 5.66 Å². The third-order valence-electron chi connectivity index (χ3n) is 5.45. The maximum Gasteiger partial charge on any atom is 0.269 e. The van der Waals surface area contributed by atoms with Crippen molar-refractivity contribution in [3.8, 4) is 0 Å². The van der Waals surface area contributed by atoms with Gasteiger partial charge < -0.3 is 0 Å². The van der Waals surface area contributed by atoms with E-state index in [0.717, 1.165) is 0 Å². The number of nitrogens with zero attached hydrogens (tertiary/aromatic N) is 4. The van der Waals surface area contributed by atoms with Crippen molar-refractivity contribution in [1.82, 2.24) is 0 Å². The minimum atomic E-state index is -0.930. The predicted octanol–water partition coefficient (Wildman–Crippen LogP) is 3.15. The van der Waals surface area contributed by atoms with Crippen LogP contribution in [0.3, 0.4) is 0 Å². The maximum atomic E-state index is 12.7. The van der Waals surface area contributed by atoms with Crippen LogP contribution in [0.15, 0.2) is 48.5 Å². The molecule has 10 heteroatoms. The van der Waals surface area contributed by atoms with Crippen molar-refractivity contribution in [1.29, 1.82) is 0 Å². The lowest BCUT2D eigenvalue weighted by molar-refractivity contribution is -0.385. The maximum absolute atomic E-state index is 12.7. The number of benzene rings is 2. The van der Waals surface area contributed by atoms with Crippen molar-refractivity contribution in [3.05, 3.63) is 68.8 Å². The summed E-state index contributed by atoms with van der Waals surface area (Å²) in [5, 5.41) is 21.9. The zero-order chi connectivity index (χ0) is 20.8. The average molecular weight is 396 g/mol. The van der Waals surface area contributed by atoms with E-state index >= 15 is 0 Å². The Bertz CT molecular complexity index is 934. The van der Waals surface area contributed by atoms with E-state index in [-0.39, 0.29) is 36.0 Å². The second-order valence-corrected chi connectivity index (χ2v) is 6.99. The van der Waals surface area contributed by atoms with Crippen molar-refractivity contribution in [2.24, 2.45) is 0 Å². The first-order valence-corrected chi connectivity index (χ1v) is 8.98. The summed E-state index contributed by atoms with van der Waals surface area (Å²) in [7, 11) is 0. The lowest BCUT2D eigenvalue weighted by Gasteiger charge is -2.42. The molecule has 29 heavy (non-hydrogen) atoms. The monoisotopic (exact) mass is 396 g/mol. The molecule has 2 aliphatic heterocycles. The van der Waals surface area contributed by atoms with Gasteiger partial charge in [-0.05, 0) is 37.1 Å². The van der Waals surface area contributed by atoms with E-state index in [0.29, 0.717) is 24.2 Å². The summed E-state index contributed by atoms with van der Waals surface area (Å²) in [4.78, 5) is 49.4. The van der Waals surface area contributed by atoms with Crippen LogP contribution in [0.1, 0.15) is 25.7 Å². The smallest absolute Gasteiger partial charge is 0.269 e. The molecule has 2 aromatic carbocycles. The Kier molecular flexibility index (Phi) is 4.26. The molecule has 0 radical (unpaired) electrons. The van der Waals surface area contributed by atoms with Crippen LogP contribution >= 0.6 is 0 Å². The molecule has 0 N–H and O–H groups in total. The van der Waals surface area contributed by atoms with Gasteiger partial charge in [0, 0.05) is 48.5 Å². The number of carbonyl (C=O) groups is 2. The molecular weight excluding hydrogens is 380 g/mol. The minimum Gasteiger partial charge on any atom is -0.288 e. The normalized spacial score (nSPS) is 17.9.